The zero-order valence-electron chi connectivity index (χ0n) is 11.0. The predicted molar refractivity (Wildman–Crippen MR) is 71.1 cm³/mol. The molecule has 5 nitrogen and oxygen atoms in total. The number of carbonyl (C=O) groups excluding carboxylic acids is 2. The molecule has 2 amide bonds. The Morgan fingerprint density at radius 3 is 2.70 bits per heavy atom. The molecular formula is C14H15FN2O3. The lowest BCUT2D eigenvalue weighted by Crippen LogP contribution is -2.38. The monoisotopic (exact) mass is 278 g/mol. The van der Waals surface area contributed by atoms with Gasteiger partial charge in [0.05, 0.1) is 12.1 Å². The quantitative estimate of drug-likeness (QED) is 0.767. The summed E-state index contributed by atoms with van der Waals surface area (Å²) in [5.74, 6) is 3.24. The number of primary amides is 1. The molecule has 0 saturated carbocycles. The molecule has 106 valence electrons. The van der Waals surface area contributed by atoms with E-state index in [0.717, 1.165) is 12.1 Å². The molecule has 1 rings (SSSR count). The van der Waals surface area contributed by atoms with Crippen LogP contribution in [0.4, 0.5) is 4.39 Å². The van der Waals surface area contributed by atoms with Gasteiger partial charge in [0.15, 0.2) is 0 Å². The van der Waals surface area contributed by atoms with Gasteiger partial charge in [-0.25, -0.2) is 4.39 Å². The Morgan fingerprint density at radius 2 is 2.15 bits per heavy atom. The number of hydrogen-bond acceptors (Lipinski definition) is 3. The number of amides is 2. The highest BCUT2D eigenvalue weighted by Crippen LogP contribution is 2.13. The Balaban J connectivity index is 3.16. The van der Waals surface area contributed by atoms with Crippen molar-refractivity contribution in [1.82, 2.24) is 4.90 Å². The van der Waals surface area contributed by atoms with E-state index in [1.165, 1.54) is 11.0 Å². The van der Waals surface area contributed by atoms with Crippen LogP contribution in [0.15, 0.2) is 18.2 Å². The molecule has 0 heterocycles. The van der Waals surface area contributed by atoms with E-state index < -0.39 is 24.2 Å². The molecule has 0 fully saturated rings. The summed E-state index contributed by atoms with van der Waals surface area (Å²) >= 11 is 0. The van der Waals surface area contributed by atoms with Crippen molar-refractivity contribution >= 4 is 11.8 Å². The number of aliphatic hydroxyl groups excluding tert-OH is 1. The summed E-state index contributed by atoms with van der Waals surface area (Å²) in [6.45, 7) is 1.36. The first-order chi connectivity index (χ1) is 9.49. The minimum atomic E-state index is -0.634. The van der Waals surface area contributed by atoms with E-state index in [1.54, 1.807) is 6.92 Å². The van der Waals surface area contributed by atoms with E-state index >= 15 is 0 Å². The average Bonchev–Trinajstić information content (AvgIpc) is 2.41. The van der Waals surface area contributed by atoms with Gasteiger partial charge in [0, 0.05) is 12.1 Å². The standard InChI is InChI=1S/C14H15FN2O3/c1-2-17(9-13(16)19)14(20)12-6-5-11(15)8-10(12)4-3-7-18/h5-6,8,18H,2,7,9H2,1H3,(H2,16,19). The van der Waals surface area contributed by atoms with Gasteiger partial charge in [0.2, 0.25) is 5.91 Å². The van der Waals surface area contributed by atoms with Gasteiger partial charge in [-0.15, -0.1) is 0 Å². The molecule has 3 N–H and O–H groups in total. The van der Waals surface area contributed by atoms with Gasteiger partial charge in [-0.1, -0.05) is 11.8 Å². The van der Waals surface area contributed by atoms with Crippen LogP contribution in [0, 0.1) is 17.7 Å². The summed E-state index contributed by atoms with van der Waals surface area (Å²) in [6, 6.07) is 3.53. The highest BCUT2D eigenvalue weighted by atomic mass is 19.1. The highest BCUT2D eigenvalue weighted by Gasteiger charge is 2.19. The molecule has 0 spiro atoms. The first-order valence-electron chi connectivity index (χ1n) is 5.96. The minimum absolute atomic E-state index is 0.159. The molecular weight excluding hydrogens is 263 g/mol. The molecule has 0 unspecified atom stereocenters. The average molecular weight is 278 g/mol. The molecule has 1 aromatic carbocycles. The van der Waals surface area contributed by atoms with Gasteiger partial charge < -0.3 is 15.7 Å². The second-order valence-corrected chi connectivity index (χ2v) is 3.94. The maximum Gasteiger partial charge on any atom is 0.255 e. The number of benzene rings is 1. The van der Waals surface area contributed by atoms with E-state index in [0.29, 0.717) is 0 Å². The lowest BCUT2D eigenvalue weighted by Gasteiger charge is -2.19. The number of carbonyl (C=O) groups is 2. The Kier molecular flexibility index (Phi) is 5.69. The van der Waals surface area contributed by atoms with Crippen LogP contribution in [0.3, 0.4) is 0 Å². The topological polar surface area (TPSA) is 83.6 Å². The van der Waals surface area contributed by atoms with E-state index in [9.17, 15) is 14.0 Å². The van der Waals surface area contributed by atoms with Crippen molar-refractivity contribution < 1.29 is 19.1 Å². The summed E-state index contributed by atoms with van der Waals surface area (Å²) in [7, 11) is 0. The van der Waals surface area contributed by atoms with Crippen LogP contribution in [0.25, 0.3) is 0 Å². The van der Waals surface area contributed by atoms with E-state index in [4.69, 9.17) is 10.8 Å². The number of rotatable bonds is 4. The van der Waals surface area contributed by atoms with Gasteiger partial charge in [0.25, 0.3) is 5.91 Å². The molecule has 0 aliphatic rings. The molecule has 6 heteroatoms. The molecule has 1 aromatic rings. The van der Waals surface area contributed by atoms with Crippen molar-refractivity contribution in [1.29, 1.82) is 0 Å². The third kappa shape index (κ3) is 4.07. The van der Waals surface area contributed by atoms with E-state index in [2.05, 4.69) is 11.8 Å². The second kappa shape index (κ2) is 7.26. The fourth-order valence-electron chi connectivity index (χ4n) is 1.63. The lowest BCUT2D eigenvalue weighted by atomic mass is 10.1. The van der Waals surface area contributed by atoms with Crippen LogP contribution in [0.5, 0.6) is 0 Å². The number of nitrogens with zero attached hydrogens (tertiary/aromatic N) is 1. The normalized spacial score (nSPS) is 9.55. The maximum absolute atomic E-state index is 13.2. The SMILES string of the molecule is CCN(CC(N)=O)C(=O)c1ccc(F)cc1C#CCO. The highest BCUT2D eigenvalue weighted by molar-refractivity contribution is 5.98. The molecule has 0 radical (unpaired) electrons. The summed E-state index contributed by atoms with van der Waals surface area (Å²) in [6.07, 6.45) is 0. The maximum atomic E-state index is 13.2. The second-order valence-electron chi connectivity index (χ2n) is 3.94. The van der Waals surface area contributed by atoms with Gasteiger partial charge in [-0.3, -0.25) is 9.59 Å². The van der Waals surface area contributed by atoms with Crippen LogP contribution in [-0.2, 0) is 4.79 Å². The van der Waals surface area contributed by atoms with Crippen LogP contribution in [0.1, 0.15) is 22.8 Å². The number of aliphatic hydroxyl groups is 1. The van der Waals surface area contributed by atoms with Gasteiger partial charge >= 0.3 is 0 Å². The summed E-state index contributed by atoms with van der Waals surface area (Å²) in [5, 5.41) is 8.68. The van der Waals surface area contributed by atoms with Crippen molar-refractivity contribution in [2.45, 2.75) is 6.92 Å². The first-order valence-corrected chi connectivity index (χ1v) is 5.96. The summed E-state index contributed by atoms with van der Waals surface area (Å²) in [5.41, 5.74) is 5.40. The van der Waals surface area contributed by atoms with Crippen molar-refractivity contribution in [3.8, 4) is 11.8 Å². The fraction of sp³-hybridized carbons (Fsp3) is 0.286. The van der Waals surface area contributed by atoms with Crippen LogP contribution >= 0.6 is 0 Å². The van der Waals surface area contributed by atoms with Gasteiger partial charge in [0.1, 0.15) is 12.4 Å². The zero-order valence-corrected chi connectivity index (χ0v) is 11.0. The predicted octanol–water partition coefficient (Wildman–Crippen LogP) is 0.117. The van der Waals surface area contributed by atoms with E-state index in [-0.39, 0.29) is 24.2 Å². The molecule has 20 heavy (non-hydrogen) atoms. The molecule has 0 bridgehead atoms. The molecule has 0 atom stereocenters. The number of likely N-dealkylation sites (N-methyl/N-ethyl adjacent to an activating group) is 1. The number of hydrogen-bond donors (Lipinski definition) is 2. The Hall–Kier alpha value is -2.39. The largest absolute Gasteiger partial charge is 0.384 e. The van der Waals surface area contributed by atoms with E-state index in [1.807, 2.05) is 0 Å². The van der Waals surface area contributed by atoms with Crippen LogP contribution in [0.2, 0.25) is 0 Å². The Bertz CT molecular complexity index is 576. The first kappa shape index (κ1) is 15.7. The Labute approximate surface area is 116 Å². The van der Waals surface area contributed by atoms with Crippen LogP contribution in [-0.4, -0.2) is 41.5 Å². The number of nitrogens with two attached hydrogens (primary N) is 1. The summed E-state index contributed by atoms with van der Waals surface area (Å²) in [4.78, 5) is 24.4. The Morgan fingerprint density at radius 1 is 1.45 bits per heavy atom. The van der Waals surface area contributed by atoms with Gasteiger partial charge in [-0.2, -0.15) is 0 Å². The van der Waals surface area contributed by atoms with Crippen molar-refractivity contribution in [2.24, 2.45) is 5.73 Å². The molecule has 0 saturated heterocycles. The van der Waals surface area contributed by atoms with Crippen molar-refractivity contribution in [2.75, 3.05) is 19.7 Å². The molecule has 0 aliphatic carbocycles. The minimum Gasteiger partial charge on any atom is -0.384 e. The number of halogens is 1. The third-order valence-corrected chi connectivity index (χ3v) is 2.53. The molecule has 0 aromatic heterocycles. The summed E-state index contributed by atoms with van der Waals surface area (Å²) < 4.78 is 13.2. The molecule has 0 aliphatic heterocycles. The van der Waals surface area contributed by atoms with Gasteiger partial charge in [-0.05, 0) is 25.1 Å². The van der Waals surface area contributed by atoms with Crippen LogP contribution < -0.4 is 5.73 Å². The smallest absolute Gasteiger partial charge is 0.255 e. The zero-order chi connectivity index (χ0) is 15.1. The lowest BCUT2D eigenvalue weighted by molar-refractivity contribution is -0.118. The van der Waals surface area contributed by atoms with Crippen molar-refractivity contribution in [3.63, 3.8) is 0 Å². The van der Waals surface area contributed by atoms with Crippen molar-refractivity contribution in [3.05, 3.63) is 35.1 Å². The third-order valence-electron chi connectivity index (χ3n) is 2.53. The fourth-order valence-corrected chi connectivity index (χ4v) is 1.63.